The van der Waals surface area contributed by atoms with Crippen LogP contribution in [0.25, 0.3) is 16.5 Å². The van der Waals surface area contributed by atoms with E-state index in [1.165, 1.54) is 17.7 Å². The number of rotatable bonds is 6. The highest BCUT2D eigenvalue weighted by atomic mass is 19.1. The molecule has 5 rings (SSSR count). The minimum atomic E-state index is -0.425. The van der Waals surface area contributed by atoms with E-state index in [0.29, 0.717) is 24.5 Å². The Bertz CT molecular complexity index is 1480. The third kappa shape index (κ3) is 4.48. The topological polar surface area (TPSA) is 79.7 Å². The summed E-state index contributed by atoms with van der Waals surface area (Å²) in [6, 6.07) is 14.2. The molecule has 3 heterocycles. The third-order valence-electron chi connectivity index (χ3n) is 7.32. The van der Waals surface area contributed by atoms with Gasteiger partial charge in [-0.05, 0) is 90.9 Å². The first-order valence-corrected chi connectivity index (χ1v) is 12.4. The van der Waals surface area contributed by atoms with Crippen LogP contribution >= 0.6 is 0 Å². The number of H-pyrrole nitrogens is 1. The Morgan fingerprint density at radius 1 is 1.14 bits per heavy atom. The van der Waals surface area contributed by atoms with Gasteiger partial charge in [0.05, 0.1) is 5.54 Å². The minimum absolute atomic E-state index is 0.145. The third-order valence-corrected chi connectivity index (χ3v) is 7.32. The van der Waals surface area contributed by atoms with Crippen molar-refractivity contribution in [3.8, 4) is 0 Å². The monoisotopic (exact) mass is 486 g/mol. The van der Waals surface area contributed by atoms with Gasteiger partial charge < -0.3 is 4.98 Å². The Hall–Kier alpha value is -3.65. The minimum Gasteiger partial charge on any atom is -0.322 e. The molecule has 0 spiro atoms. The van der Waals surface area contributed by atoms with Gasteiger partial charge in [0.2, 0.25) is 0 Å². The molecule has 0 radical (unpaired) electrons. The Morgan fingerprint density at radius 2 is 1.92 bits per heavy atom. The lowest BCUT2D eigenvalue weighted by Crippen LogP contribution is -2.40. The van der Waals surface area contributed by atoms with Gasteiger partial charge in [-0.2, -0.15) is 0 Å². The highest BCUT2D eigenvalue weighted by Gasteiger charge is 2.34. The highest BCUT2D eigenvalue weighted by Crippen LogP contribution is 2.33. The molecule has 1 atom stereocenters. The van der Waals surface area contributed by atoms with Crippen molar-refractivity contribution in [2.24, 2.45) is 0 Å². The standard InChI is InChI=1S/C28H31FN6O/c1-5-28(3,4)35-26(31-32-33-35)25(23-17-21-16-18(2)6-11-24(21)30-27(23)36)34-14-12-20(13-15-34)19-7-9-22(29)10-8-19/h6-12,16-17,25H,5,13-15H2,1-4H3,(H,30,36)/t25-/m0/s1. The van der Waals surface area contributed by atoms with Crippen LogP contribution in [0.15, 0.2) is 59.4 Å². The largest absolute Gasteiger partial charge is 0.322 e. The summed E-state index contributed by atoms with van der Waals surface area (Å²) in [6.07, 6.45) is 3.76. The first-order valence-electron chi connectivity index (χ1n) is 12.4. The summed E-state index contributed by atoms with van der Waals surface area (Å²) in [5.74, 6) is 0.408. The van der Waals surface area contributed by atoms with Crippen molar-refractivity contribution in [3.63, 3.8) is 0 Å². The van der Waals surface area contributed by atoms with E-state index < -0.39 is 6.04 Å². The molecule has 0 fully saturated rings. The molecule has 0 amide bonds. The van der Waals surface area contributed by atoms with E-state index in [2.05, 4.69) is 58.3 Å². The van der Waals surface area contributed by atoms with Crippen LogP contribution in [0.1, 0.15) is 62.2 Å². The molecular weight excluding hydrogens is 455 g/mol. The quantitative estimate of drug-likeness (QED) is 0.416. The average molecular weight is 487 g/mol. The van der Waals surface area contributed by atoms with E-state index in [4.69, 9.17) is 0 Å². The number of pyridine rings is 1. The van der Waals surface area contributed by atoms with Gasteiger partial charge in [0.1, 0.15) is 11.9 Å². The van der Waals surface area contributed by atoms with Crippen LogP contribution < -0.4 is 5.56 Å². The predicted molar refractivity (Wildman–Crippen MR) is 139 cm³/mol. The molecule has 0 saturated carbocycles. The fourth-order valence-electron chi connectivity index (χ4n) is 4.84. The van der Waals surface area contributed by atoms with Gasteiger partial charge >= 0.3 is 0 Å². The number of halogens is 1. The van der Waals surface area contributed by atoms with Crippen molar-refractivity contribution in [2.45, 2.75) is 52.1 Å². The number of aromatic amines is 1. The molecular formula is C28H31FN6O. The Kier molecular flexibility index (Phi) is 6.30. The normalized spacial score (nSPS) is 15.8. The molecule has 2 aromatic carbocycles. The zero-order chi connectivity index (χ0) is 25.4. The van der Waals surface area contributed by atoms with Crippen LogP contribution in [0, 0.1) is 12.7 Å². The highest BCUT2D eigenvalue weighted by molar-refractivity contribution is 5.80. The molecule has 36 heavy (non-hydrogen) atoms. The number of nitrogens with zero attached hydrogens (tertiary/aromatic N) is 5. The van der Waals surface area contributed by atoms with Crippen molar-refractivity contribution in [1.82, 2.24) is 30.1 Å². The Balaban J connectivity index is 1.61. The van der Waals surface area contributed by atoms with E-state index >= 15 is 0 Å². The number of nitrogens with one attached hydrogen (secondary N) is 1. The molecule has 0 bridgehead atoms. The summed E-state index contributed by atoms with van der Waals surface area (Å²) >= 11 is 0. The first-order chi connectivity index (χ1) is 17.3. The number of hydrogen-bond donors (Lipinski definition) is 1. The van der Waals surface area contributed by atoms with Gasteiger partial charge in [-0.1, -0.05) is 36.8 Å². The van der Waals surface area contributed by atoms with Crippen molar-refractivity contribution >= 4 is 16.5 Å². The second kappa shape index (κ2) is 9.43. The maximum Gasteiger partial charge on any atom is 0.253 e. The number of aromatic nitrogens is 5. The average Bonchev–Trinajstić information content (AvgIpc) is 3.36. The fraction of sp³-hybridized carbons (Fsp3) is 0.357. The maximum atomic E-state index is 13.4. The van der Waals surface area contributed by atoms with Crippen molar-refractivity contribution in [3.05, 3.63) is 93.3 Å². The second-order valence-electron chi connectivity index (χ2n) is 10.1. The summed E-state index contributed by atoms with van der Waals surface area (Å²) in [5, 5.41) is 13.8. The molecule has 0 unspecified atom stereocenters. The van der Waals surface area contributed by atoms with Crippen LogP contribution in [-0.4, -0.2) is 43.2 Å². The van der Waals surface area contributed by atoms with Gasteiger partial charge in [0.15, 0.2) is 5.82 Å². The molecule has 186 valence electrons. The lowest BCUT2D eigenvalue weighted by atomic mass is 9.95. The predicted octanol–water partition coefficient (Wildman–Crippen LogP) is 4.99. The number of hydrogen-bond acceptors (Lipinski definition) is 5. The Labute approximate surface area is 209 Å². The molecule has 1 aliphatic heterocycles. The van der Waals surface area contributed by atoms with E-state index in [9.17, 15) is 9.18 Å². The zero-order valence-corrected chi connectivity index (χ0v) is 21.1. The second-order valence-corrected chi connectivity index (χ2v) is 10.1. The van der Waals surface area contributed by atoms with Gasteiger partial charge in [-0.3, -0.25) is 9.69 Å². The Morgan fingerprint density at radius 3 is 2.61 bits per heavy atom. The molecule has 0 saturated heterocycles. The molecule has 7 nitrogen and oxygen atoms in total. The molecule has 1 N–H and O–H groups in total. The fourth-order valence-corrected chi connectivity index (χ4v) is 4.84. The van der Waals surface area contributed by atoms with Crippen LogP contribution in [0.4, 0.5) is 4.39 Å². The van der Waals surface area contributed by atoms with Crippen molar-refractivity contribution in [1.29, 1.82) is 0 Å². The summed E-state index contributed by atoms with van der Waals surface area (Å²) in [7, 11) is 0. The number of tetrazole rings is 1. The van der Waals surface area contributed by atoms with Crippen molar-refractivity contribution in [2.75, 3.05) is 13.1 Å². The molecule has 1 aliphatic rings. The van der Waals surface area contributed by atoms with Crippen LogP contribution in [0.3, 0.4) is 0 Å². The maximum absolute atomic E-state index is 13.4. The summed E-state index contributed by atoms with van der Waals surface area (Å²) in [5.41, 5.74) is 4.27. The lowest BCUT2D eigenvalue weighted by Gasteiger charge is -2.35. The smallest absolute Gasteiger partial charge is 0.253 e. The van der Waals surface area contributed by atoms with Gasteiger partial charge in [-0.15, -0.1) is 5.10 Å². The first kappa shape index (κ1) is 24.1. The van der Waals surface area contributed by atoms with Gasteiger partial charge in [-0.25, -0.2) is 9.07 Å². The molecule has 8 heteroatoms. The number of benzene rings is 2. The zero-order valence-electron chi connectivity index (χ0n) is 21.1. The number of aryl methyl sites for hydroxylation is 1. The van der Waals surface area contributed by atoms with Crippen LogP contribution in [0.2, 0.25) is 0 Å². The van der Waals surface area contributed by atoms with Gasteiger partial charge in [0, 0.05) is 24.2 Å². The van der Waals surface area contributed by atoms with E-state index in [1.807, 2.05) is 41.9 Å². The van der Waals surface area contributed by atoms with E-state index in [-0.39, 0.29) is 16.9 Å². The van der Waals surface area contributed by atoms with E-state index in [1.54, 1.807) is 0 Å². The summed E-state index contributed by atoms with van der Waals surface area (Å²) < 4.78 is 15.3. The lowest BCUT2D eigenvalue weighted by molar-refractivity contribution is 0.211. The van der Waals surface area contributed by atoms with Gasteiger partial charge in [0.25, 0.3) is 5.56 Å². The van der Waals surface area contributed by atoms with Crippen LogP contribution in [-0.2, 0) is 5.54 Å². The van der Waals surface area contributed by atoms with E-state index in [0.717, 1.165) is 34.9 Å². The molecule has 0 aliphatic carbocycles. The number of fused-ring (bicyclic) bond motifs is 1. The summed E-state index contributed by atoms with van der Waals surface area (Å²) in [4.78, 5) is 18.7. The molecule has 4 aromatic rings. The molecule has 2 aromatic heterocycles. The van der Waals surface area contributed by atoms with Crippen LogP contribution in [0.5, 0.6) is 0 Å². The van der Waals surface area contributed by atoms with Crippen molar-refractivity contribution < 1.29 is 4.39 Å². The summed E-state index contributed by atoms with van der Waals surface area (Å²) in [6.45, 7) is 9.66. The SMILES string of the molecule is CCC(C)(C)n1nnnc1[C@H](c1cc2cc(C)ccc2[nH]c1=O)N1CC=C(c2ccc(F)cc2)CC1.